The summed E-state index contributed by atoms with van der Waals surface area (Å²) in [6, 6.07) is 3.07. The molecule has 104 valence electrons. The van der Waals surface area contributed by atoms with Crippen molar-refractivity contribution in [2.45, 2.75) is 30.7 Å². The number of benzene rings is 1. The SMILES string of the molecule is C=CCN(C1CC1)S(=O)(=O)c1cc(C)c(Cl)c(N)c1. The first kappa shape index (κ1) is 14.4. The van der Waals surface area contributed by atoms with E-state index in [0.717, 1.165) is 12.8 Å². The predicted octanol–water partition coefficient (Wildman–Crippen LogP) is 2.57. The second kappa shape index (κ2) is 5.15. The molecule has 0 amide bonds. The molecule has 19 heavy (non-hydrogen) atoms. The molecule has 0 aliphatic heterocycles. The molecule has 0 unspecified atom stereocenters. The van der Waals surface area contributed by atoms with Gasteiger partial charge in [-0.3, -0.25) is 0 Å². The maximum Gasteiger partial charge on any atom is 0.243 e. The summed E-state index contributed by atoms with van der Waals surface area (Å²) in [6.07, 6.45) is 3.40. The summed E-state index contributed by atoms with van der Waals surface area (Å²) < 4.78 is 26.7. The third-order valence-corrected chi connectivity index (χ3v) is 5.54. The fraction of sp³-hybridized carbons (Fsp3) is 0.385. The molecule has 0 bridgehead atoms. The Labute approximate surface area is 118 Å². The number of rotatable bonds is 5. The fourth-order valence-corrected chi connectivity index (χ4v) is 3.87. The first-order valence-electron chi connectivity index (χ1n) is 6.06. The van der Waals surface area contributed by atoms with E-state index >= 15 is 0 Å². The number of sulfonamides is 1. The maximum absolute atomic E-state index is 12.6. The molecule has 0 radical (unpaired) electrons. The van der Waals surface area contributed by atoms with Crippen LogP contribution < -0.4 is 5.73 Å². The Kier molecular flexibility index (Phi) is 3.90. The van der Waals surface area contributed by atoms with E-state index in [9.17, 15) is 8.42 Å². The zero-order chi connectivity index (χ0) is 14.2. The summed E-state index contributed by atoms with van der Waals surface area (Å²) in [5, 5.41) is 0.403. The standard InChI is InChI=1S/C13H17ClN2O2S/c1-3-6-16(10-4-5-10)19(17,18)11-7-9(2)13(14)12(15)8-11/h3,7-8,10H,1,4-6,15H2,2H3. The smallest absolute Gasteiger partial charge is 0.243 e. The predicted molar refractivity (Wildman–Crippen MR) is 77.7 cm³/mol. The number of anilines is 1. The van der Waals surface area contributed by atoms with Crippen molar-refractivity contribution in [3.8, 4) is 0 Å². The number of hydrogen-bond acceptors (Lipinski definition) is 3. The molecule has 0 spiro atoms. The number of halogens is 1. The summed E-state index contributed by atoms with van der Waals surface area (Å²) in [4.78, 5) is 0.195. The lowest BCUT2D eigenvalue weighted by atomic mass is 10.2. The molecule has 0 aromatic heterocycles. The van der Waals surface area contributed by atoms with Crippen molar-refractivity contribution in [2.24, 2.45) is 0 Å². The molecule has 1 fully saturated rings. The number of hydrogen-bond donors (Lipinski definition) is 1. The summed E-state index contributed by atoms with van der Waals surface area (Å²) in [5.74, 6) is 0. The molecular formula is C13H17ClN2O2S. The highest BCUT2D eigenvalue weighted by atomic mass is 35.5. The molecule has 1 aromatic rings. The van der Waals surface area contributed by atoms with Crippen LogP contribution in [0.3, 0.4) is 0 Å². The third-order valence-electron chi connectivity index (χ3n) is 3.13. The summed E-state index contributed by atoms with van der Waals surface area (Å²) in [6.45, 7) is 5.67. The van der Waals surface area contributed by atoms with Crippen molar-refractivity contribution in [1.29, 1.82) is 0 Å². The van der Waals surface area contributed by atoms with Crippen molar-refractivity contribution in [3.63, 3.8) is 0 Å². The van der Waals surface area contributed by atoms with Gasteiger partial charge in [0.25, 0.3) is 0 Å². The molecule has 1 saturated carbocycles. The molecule has 1 aliphatic carbocycles. The van der Waals surface area contributed by atoms with E-state index in [1.807, 2.05) is 0 Å². The fourth-order valence-electron chi connectivity index (χ4n) is 1.98. The van der Waals surface area contributed by atoms with Crippen LogP contribution in [0.25, 0.3) is 0 Å². The van der Waals surface area contributed by atoms with Crippen LogP contribution in [0.1, 0.15) is 18.4 Å². The second-order valence-corrected chi connectivity index (χ2v) is 7.01. The quantitative estimate of drug-likeness (QED) is 0.671. The van der Waals surface area contributed by atoms with Gasteiger partial charge in [-0.05, 0) is 37.5 Å². The highest BCUT2D eigenvalue weighted by molar-refractivity contribution is 7.89. The van der Waals surface area contributed by atoms with Gasteiger partial charge >= 0.3 is 0 Å². The van der Waals surface area contributed by atoms with Crippen molar-refractivity contribution in [2.75, 3.05) is 12.3 Å². The van der Waals surface area contributed by atoms with Crippen molar-refractivity contribution >= 4 is 27.3 Å². The van der Waals surface area contributed by atoms with Crippen LogP contribution in [-0.2, 0) is 10.0 Å². The summed E-state index contributed by atoms with van der Waals surface area (Å²) >= 11 is 5.97. The zero-order valence-corrected chi connectivity index (χ0v) is 12.3. The Bertz CT molecular complexity index is 586. The second-order valence-electron chi connectivity index (χ2n) is 4.74. The van der Waals surface area contributed by atoms with Gasteiger partial charge in [-0.15, -0.1) is 6.58 Å². The van der Waals surface area contributed by atoms with Crippen LogP contribution in [0, 0.1) is 6.92 Å². The summed E-state index contributed by atoms with van der Waals surface area (Å²) in [5.41, 5.74) is 6.70. The Morgan fingerprint density at radius 1 is 1.53 bits per heavy atom. The van der Waals surface area contributed by atoms with E-state index in [4.69, 9.17) is 17.3 Å². The normalized spacial score (nSPS) is 15.7. The van der Waals surface area contributed by atoms with Gasteiger partial charge in [0.2, 0.25) is 10.0 Å². The Morgan fingerprint density at radius 3 is 2.63 bits per heavy atom. The first-order chi connectivity index (χ1) is 8.87. The Balaban J connectivity index is 2.46. The molecule has 2 N–H and O–H groups in total. The van der Waals surface area contributed by atoms with E-state index in [1.54, 1.807) is 19.1 Å². The monoisotopic (exact) mass is 300 g/mol. The van der Waals surface area contributed by atoms with Crippen LogP contribution >= 0.6 is 11.6 Å². The Morgan fingerprint density at radius 2 is 2.16 bits per heavy atom. The molecule has 1 aromatic carbocycles. The molecule has 1 aliphatic rings. The highest BCUT2D eigenvalue weighted by Crippen LogP contribution is 2.34. The van der Waals surface area contributed by atoms with E-state index in [-0.39, 0.29) is 16.6 Å². The molecule has 0 saturated heterocycles. The van der Waals surface area contributed by atoms with Crippen molar-refractivity contribution in [1.82, 2.24) is 4.31 Å². The van der Waals surface area contributed by atoms with Gasteiger partial charge in [0.05, 0.1) is 15.6 Å². The lowest BCUT2D eigenvalue weighted by Gasteiger charge is -2.21. The maximum atomic E-state index is 12.6. The van der Waals surface area contributed by atoms with E-state index < -0.39 is 10.0 Å². The van der Waals surface area contributed by atoms with Gasteiger partial charge in [-0.1, -0.05) is 17.7 Å². The van der Waals surface area contributed by atoms with E-state index in [0.29, 0.717) is 17.1 Å². The molecule has 0 heterocycles. The van der Waals surface area contributed by atoms with Gasteiger partial charge in [-0.2, -0.15) is 4.31 Å². The van der Waals surface area contributed by atoms with Crippen molar-refractivity contribution in [3.05, 3.63) is 35.4 Å². The van der Waals surface area contributed by atoms with E-state index in [2.05, 4.69) is 6.58 Å². The molecule has 2 rings (SSSR count). The number of nitrogens with two attached hydrogens (primary N) is 1. The number of nitrogen functional groups attached to an aromatic ring is 1. The molecule has 4 nitrogen and oxygen atoms in total. The molecule has 6 heteroatoms. The van der Waals surface area contributed by atoms with Crippen LogP contribution in [-0.4, -0.2) is 25.3 Å². The minimum absolute atomic E-state index is 0.0835. The number of aryl methyl sites for hydroxylation is 1. The minimum Gasteiger partial charge on any atom is -0.397 e. The van der Waals surface area contributed by atoms with Gasteiger partial charge in [0.1, 0.15) is 0 Å². The van der Waals surface area contributed by atoms with Gasteiger partial charge in [0, 0.05) is 12.6 Å². The lowest BCUT2D eigenvalue weighted by molar-refractivity contribution is 0.436. The van der Waals surface area contributed by atoms with Crippen molar-refractivity contribution < 1.29 is 8.42 Å². The average molecular weight is 301 g/mol. The van der Waals surface area contributed by atoms with Gasteiger partial charge in [0.15, 0.2) is 0 Å². The Hall–Kier alpha value is -1.04. The van der Waals surface area contributed by atoms with Crippen LogP contribution in [0.4, 0.5) is 5.69 Å². The molecular weight excluding hydrogens is 284 g/mol. The zero-order valence-electron chi connectivity index (χ0n) is 10.8. The topological polar surface area (TPSA) is 63.4 Å². The minimum atomic E-state index is -3.54. The third kappa shape index (κ3) is 2.78. The van der Waals surface area contributed by atoms with Crippen LogP contribution in [0.5, 0.6) is 0 Å². The van der Waals surface area contributed by atoms with Crippen LogP contribution in [0.2, 0.25) is 5.02 Å². The summed E-state index contributed by atoms with van der Waals surface area (Å²) in [7, 11) is -3.54. The lowest BCUT2D eigenvalue weighted by Crippen LogP contribution is -2.33. The molecule has 0 atom stereocenters. The van der Waals surface area contributed by atoms with Gasteiger partial charge in [-0.25, -0.2) is 8.42 Å². The van der Waals surface area contributed by atoms with Gasteiger partial charge < -0.3 is 5.73 Å². The largest absolute Gasteiger partial charge is 0.397 e. The van der Waals surface area contributed by atoms with E-state index in [1.165, 1.54) is 10.4 Å². The number of nitrogens with zero attached hydrogens (tertiary/aromatic N) is 1. The highest BCUT2D eigenvalue weighted by Gasteiger charge is 2.37. The van der Waals surface area contributed by atoms with Crippen LogP contribution in [0.15, 0.2) is 29.7 Å². The average Bonchev–Trinajstić information content (AvgIpc) is 3.16. The first-order valence-corrected chi connectivity index (χ1v) is 7.88.